The number of amides is 2. The largest absolute Gasteiger partial charge is 0.495 e. The van der Waals surface area contributed by atoms with Crippen molar-refractivity contribution in [3.05, 3.63) is 85.1 Å². The number of hydrogen-bond acceptors (Lipinski definition) is 6. The molecule has 0 aliphatic carbocycles. The van der Waals surface area contributed by atoms with Crippen LogP contribution in [0, 0.1) is 0 Å². The fraction of sp³-hybridized carbons (Fsp3) is 0.154. The van der Waals surface area contributed by atoms with Crippen molar-refractivity contribution in [1.29, 1.82) is 0 Å². The van der Waals surface area contributed by atoms with Gasteiger partial charge >= 0.3 is 0 Å². The second-order valence-electron chi connectivity index (χ2n) is 7.49. The third kappa shape index (κ3) is 5.67. The van der Waals surface area contributed by atoms with Crippen molar-refractivity contribution in [3.63, 3.8) is 0 Å². The van der Waals surface area contributed by atoms with Gasteiger partial charge in [-0.25, -0.2) is 4.90 Å². The van der Waals surface area contributed by atoms with Gasteiger partial charge in [-0.2, -0.15) is 0 Å². The van der Waals surface area contributed by atoms with Crippen molar-refractivity contribution in [1.82, 2.24) is 0 Å². The number of imide groups is 1. The summed E-state index contributed by atoms with van der Waals surface area (Å²) in [6, 6.07) is 15.7. The second kappa shape index (κ2) is 11.6. The van der Waals surface area contributed by atoms with Gasteiger partial charge in [0.1, 0.15) is 12.4 Å². The molecule has 0 radical (unpaired) electrons. The Morgan fingerprint density at radius 3 is 2.50 bits per heavy atom. The topological polar surface area (TPSA) is 65.1 Å². The maximum atomic E-state index is 13.1. The van der Waals surface area contributed by atoms with Crippen molar-refractivity contribution in [2.24, 2.45) is 0 Å². The molecule has 1 aliphatic heterocycles. The Balaban J connectivity index is 1.61. The van der Waals surface area contributed by atoms with Gasteiger partial charge < -0.3 is 14.2 Å². The van der Waals surface area contributed by atoms with Crippen LogP contribution in [0.4, 0.5) is 10.5 Å². The number of halogens is 3. The van der Waals surface area contributed by atoms with Gasteiger partial charge in [0.2, 0.25) is 0 Å². The van der Waals surface area contributed by atoms with Gasteiger partial charge in [-0.1, -0.05) is 41.4 Å². The lowest BCUT2D eigenvalue weighted by atomic mass is 10.1. The van der Waals surface area contributed by atoms with E-state index in [9.17, 15) is 9.59 Å². The Kier molecular flexibility index (Phi) is 8.51. The van der Waals surface area contributed by atoms with Crippen LogP contribution in [0.1, 0.15) is 18.1 Å². The number of methoxy groups -OCH3 is 1. The van der Waals surface area contributed by atoms with Crippen LogP contribution in [0.25, 0.3) is 6.08 Å². The lowest BCUT2D eigenvalue weighted by molar-refractivity contribution is -0.113. The van der Waals surface area contributed by atoms with Crippen LogP contribution >= 0.6 is 50.9 Å². The fourth-order valence-electron chi connectivity index (χ4n) is 3.50. The molecule has 2 amide bonds. The number of carbonyl (C=O) groups excluding carboxylic acids is 2. The first-order valence-electron chi connectivity index (χ1n) is 10.8. The number of nitrogens with zero attached hydrogens (tertiary/aromatic N) is 1. The van der Waals surface area contributed by atoms with Crippen LogP contribution in [0.5, 0.6) is 17.2 Å². The molecule has 3 aromatic carbocycles. The maximum Gasteiger partial charge on any atom is 0.298 e. The highest BCUT2D eigenvalue weighted by atomic mass is 79.9. The van der Waals surface area contributed by atoms with Crippen molar-refractivity contribution >= 4 is 73.8 Å². The standard InChI is InChI=1S/C26H20BrCl2NO5S/c1-3-34-22-12-16(10-17(27)24(22)35-14-15-8-9-18(28)19(29)11-15)13-23-25(31)30(26(32)36-23)20-6-4-5-7-21(20)33-2/h4-13H,3,14H2,1-2H3/b23-13-. The van der Waals surface area contributed by atoms with Crippen molar-refractivity contribution < 1.29 is 23.8 Å². The highest BCUT2D eigenvalue weighted by Crippen LogP contribution is 2.42. The zero-order valence-electron chi connectivity index (χ0n) is 19.2. The molecule has 10 heteroatoms. The van der Waals surface area contributed by atoms with E-state index in [1.165, 1.54) is 7.11 Å². The zero-order chi connectivity index (χ0) is 25.8. The predicted molar refractivity (Wildman–Crippen MR) is 148 cm³/mol. The van der Waals surface area contributed by atoms with E-state index in [0.717, 1.165) is 22.2 Å². The molecule has 0 unspecified atom stereocenters. The summed E-state index contributed by atoms with van der Waals surface area (Å²) in [5.41, 5.74) is 1.90. The van der Waals surface area contributed by atoms with Gasteiger partial charge in [-0.15, -0.1) is 0 Å². The molecule has 1 fully saturated rings. The Morgan fingerprint density at radius 1 is 1.00 bits per heavy atom. The molecule has 1 saturated heterocycles. The van der Waals surface area contributed by atoms with Crippen molar-refractivity contribution in [2.45, 2.75) is 13.5 Å². The average Bonchev–Trinajstić information content (AvgIpc) is 3.13. The van der Waals surface area contributed by atoms with E-state index in [4.69, 9.17) is 37.4 Å². The van der Waals surface area contributed by atoms with E-state index in [2.05, 4.69) is 15.9 Å². The van der Waals surface area contributed by atoms with Crippen LogP contribution in [-0.2, 0) is 11.4 Å². The second-order valence-corrected chi connectivity index (χ2v) is 10.2. The average molecular weight is 609 g/mol. The number of hydrogen-bond donors (Lipinski definition) is 0. The number of benzene rings is 3. The normalized spacial score (nSPS) is 14.5. The molecule has 0 N–H and O–H groups in total. The summed E-state index contributed by atoms with van der Waals surface area (Å²) in [6.45, 7) is 2.51. The Bertz CT molecular complexity index is 1360. The molecule has 4 rings (SSSR count). The third-order valence-electron chi connectivity index (χ3n) is 5.12. The summed E-state index contributed by atoms with van der Waals surface area (Å²) in [5, 5.41) is 0.511. The predicted octanol–water partition coefficient (Wildman–Crippen LogP) is 7.98. The fourth-order valence-corrected chi connectivity index (χ4v) is 5.23. The smallest absolute Gasteiger partial charge is 0.298 e. The Morgan fingerprint density at radius 2 is 1.78 bits per heavy atom. The number of rotatable bonds is 8. The molecule has 0 bridgehead atoms. The van der Waals surface area contributed by atoms with Gasteiger partial charge in [0.05, 0.1) is 38.8 Å². The van der Waals surface area contributed by atoms with E-state index in [-0.39, 0.29) is 11.5 Å². The molecular weight excluding hydrogens is 589 g/mol. The number of para-hydroxylation sites is 2. The number of anilines is 1. The van der Waals surface area contributed by atoms with E-state index < -0.39 is 11.1 Å². The summed E-state index contributed by atoms with van der Waals surface area (Å²) < 4.78 is 17.8. The molecule has 0 atom stereocenters. The number of carbonyl (C=O) groups is 2. The molecule has 0 saturated carbocycles. The first-order valence-corrected chi connectivity index (χ1v) is 13.1. The van der Waals surface area contributed by atoms with Gasteiger partial charge in [-0.3, -0.25) is 9.59 Å². The van der Waals surface area contributed by atoms with Crippen LogP contribution in [0.2, 0.25) is 10.0 Å². The minimum atomic E-state index is -0.427. The highest BCUT2D eigenvalue weighted by molar-refractivity contribution is 9.10. The summed E-state index contributed by atoms with van der Waals surface area (Å²) in [6.07, 6.45) is 1.65. The molecule has 36 heavy (non-hydrogen) atoms. The summed E-state index contributed by atoms with van der Waals surface area (Å²) >= 11 is 16.5. The van der Waals surface area contributed by atoms with Crippen LogP contribution in [0.3, 0.4) is 0 Å². The molecule has 0 spiro atoms. The minimum Gasteiger partial charge on any atom is -0.495 e. The maximum absolute atomic E-state index is 13.1. The van der Waals surface area contributed by atoms with Crippen molar-refractivity contribution in [3.8, 4) is 17.2 Å². The first-order chi connectivity index (χ1) is 17.3. The number of ether oxygens (including phenoxy) is 3. The van der Waals surface area contributed by atoms with E-state index >= 15 is 0 Å². The summed E-state index contributed by atoms with van der Waals surface area (Å²) in [5.74, 6) is 0.999. The van der Waals surface area contributed by atoms with Crippen molar-refractivity contribution in [2.75, 3.05) is 18.6 Å². The van der Waals surface area contributed by atoms with Crippen LogP contribution in [0.15, 0.2) is 64.0 Å². The van der Waals surface area contributed by atoms with E-state index in [1.54, 1.807) is 54.6 Å². The molecule has 186 valence electrons. The van der Waals surface area contributed by atoms with Gasteiger partial charge in [0.15, 0.2) is 11.5 Å². The number of thioether (sulfide) groups is 1. The first kappa shape index (κ1) is 26.4. The quantitative estimate of drug-likeness (QED) is 0.242. The zero-order valence-corrected chi connectivity index (χ0v) is 23.1. The molecular formula is C26H20BrCl2NO5S. The molecule has 6 nitrogen and oxygen atoms in total. The molecule has 3 aromatic rings. The lowest BCUT2D eigenvalue weighted by Crippen LogP contribution is -2.28. The van der Waals surface area contributed by atoms with Gasteiger partial charge in [0, 0.05) is 0 Å². The minimum absolute atomic E-state index is 0.243. The Hall–Kier alpha value is -2.65. The third-order valence-corrected chi connectivity index (χ3v) is 7.31. The van der Waals surface area contributed by atoms with Crippen LogP contribution < -0.4 is 19.1 Å². The van der Waals surface area contributed by atoms with E-state index in [1.807, 2.05) is 13.0 Å². The molecule has 0 aromatic heterocycles. The van der Waals surface area contributed by atoms with E-state index in [0.29, 0.717) is 49.6 Å². The summed E-state index contributed by atoms with van der Waals surface area (Å²) in [7, 11) is 1.49. The van der Waals surface area contributed by atoms with Gasteiger partial charge in [-0.05, 0) is 88.2 Å². The molecule has 1 aliphatic rings. The van der Waals surface area contributed by atoms with Crippen LogP contribution in [-0.4, -0.2) is 24.9 Å². The lowest BCUT2D eigenvalue weighted by Gasteiger charge is -2.16. The molecule has 1 heterocycles. The Labute approximate surface area is 231 Å². The highest BCUT2D eigenvalue weighted by Gasteiger charge is 2.37. The summed E-state index contributed by atoms with van der Waals surface area (Å²) in [4.78, 5) is 27.2. The monoisotopic (exact) mass is 607 g/mol. The van der Waals surface area contributed by atoms with Gasteiger partial charge in [0.25, 0.3) is 11.1 Å². The SMILES string of the molecule is CCOc1cc(/C=C2\SC(=O)N(c3ccccc3OC)C2=O)cc(Br)c1OCc1ccc(Cl)c(Cl)c1.